The number of nitro groups is 1. The Bertz CT molecular complexity index is 529. The molecule has 7 heteroatoms. The molecule has 0 aliphatic carbocycles. The molecule has 7 nitrogen and oxygen atoms in total. The maximum absolute atomic E-state index is 12.6. The van der Waals surface area contributed by atoms with E-state index in [1.807, 2.05) is 27.7 Å². The first-order valence-corrected chi connectivity index (χ1v) is 6.84. The van der Waals surface area contributed by atoms with E-state index in [1.165, 1.54) is 18.2 Å². The Morgan fingerprint density at radius 3 is 2.43 bits per heavy atom. The molecule has 1 aromatic carbocycles. The first-order valence-electron chi connectivity index (χ1n) is 6.84. The number of anilines is 1. The van der Waals surface area contributed by atoms with E-state index < -0.39 is 4.92 Å². The van der Waals surface area contributed by atoms with Crippen LogP contribution in [0.5, 0.6) is 0 Å². The summed E-state index contributed by atoms with van der Waals surface area (Å²) in [7, 11) is 0. The minimum absolute atomic E-state index is 0.0457. The highest BCUT2D eigenvalue weighted by molar-refractivity contribution is 5.96. The van der Waals surface area contributed by atoms with Crippen molar-refractivity contribution in [2.45, 2.75) is 33.7 Å². The number of hydrogen-bond acceptors (Lipinski definition) is 5. The Kier molecular flexibility index (Phi) is 5.66. The summed E-state index contributed by atoms with van der Waals surface area (Å²) in [6, 6.07) is 4.20. The van der Waals surface area contributed by atoms with Crippen molar-refractivity contribution in [1.82, 2.24) is 4.90 Å². The SMILES string of the molecule is CC(C)CN(C(=O)c1ccc([N+](=O)[O-])c(NN)c1)C(C)C. The van der Waals surface area contributed by atoms with Crippen LogP contribution >= 0.6 is 0 Å². The first kappa shape index (κ1) is 16.9. The van der Waals surface area contributed by atoms with Gasteiger partial charge >= 0.3 is 0 Å². The summed E-state index contributed by atoms with van der Waals surface area (Å²) < 4.78 is 0. The smallest absolute Gasteiger partial charge is 0.293 e. The van der Waals surface area contributed by atoms with Crippen molar-refractivity contribution < 1.29 is 9.72 Å². The number of nitrogens with zero attached hydrogens (tertiary/aromatic N) is 2. The number of carbonyl (C=O) groups is 1. The molecule has 0 spiro atoms. The zero-order chi connectivity index (χ0) is 16.2. The molecule has 1 rings (SSSR count). The summed E-state index contributed by atoms with van der Waals surface area (Å²) in [6.45, 7) is 8.57. The molecular weight excluding hydrogens is 272 g/mol. The number of nitrogen functional groups attached to an aromatic ring is 1. The average molecular weight is 294 g/mol. The quantitative estimate of drug-likeness (QED) is 0.476. The first-order chi connectivity index (χ1) is 9.77. The fourth-order valence-corrected chi connectivity index (χ4v) is 2.03. The van der Waals surface area contributed by atoms with Gasteiger partial charge in [0.1, 0.15) is 5.69 Å². The van der Waals surface area contributed by atoms with E-state index in [0.717, 1.165) is 0 Å². The molecule has 3 N–H and O–H groups in total. The Balaban J connectivity index is 3.14. The Labute approximate surface area is 124 Å². The van der Waals surface area contributed by atoms with Gasteiger partial charge in [0, 0.05) is 24.2 Å². The fraction of sp³-hybridized carbons (Fsp3) is 0.500. The number of rotatable bonds is 6. The second kappa shape index (κ2) is 7.03. The summed E-state index contributed by atoms with van der Waals surface area (Å²) in [5.74, 6) is 5.47. The average Bonchev–Trinajstić information content (AvgIpc) is 2.42. The minimum atomic E-state index is -0.544. The van der Waals surface area contributed by atoms with Crippen LogP contribution < -0.4 is 11.3 Å². The van der Waals surface area contributed by atoms with Gasteiger partial charge in [0.25, 0.3) is 11.6 Å². The molecule has 1 amide bonds. The number of amides is 1. The van der Waals surface area contributed by atoms with Crippen LogP contribution in [0.1, 0.15) is 38.1 Å². The van der Waals surface area contributed by atoms with Gasteiger partial charge in [-0.25, -0.2) is 0 Å². The maximum Gasteiger partial charge on any atom is 0.293 e. The topological polar surface area (TPSA) is 102 Å². The van der Waals surface area contributed by atoms with Gasteiger partial charge < -0.3 is 10.3 Å². The van der Waals surface area contributed by atoms with Crippen LogP contribution in [0.2, 0.25) is 0 Å². The van der Waals surface area contributed by atoms with E-state index in [4.69, 9.17) is 5.84 Å². The zero-order valence-corrected chi connectivity index (χ0v) is 12.8. The Hall–Kier alpha value is -2.15. The highest BCUT2D eigenvalue weighted by Gasteiger charge is 2.22. The predicted molar refractivity (Wildman–Crippen MR) is 81.9 cm³/mol. The summed E-state index contributed by atoms with van der Waals surface area (Å²) in [4.78, 5) is 24.6. The monoisotopic (exact) mass is 294 g/mol. The highest BCUT2D eigenvalue weighted by atomic mass is 16.6. The van der Waals surface area contributed by atoms with E-state index in [1.54, 1.807) is 4.90 Å². The van der Waals surface area contributed by atoms with Crippen molar-refractivity contribution in [3.8, 4) is 0 Å². The molecule has 0 unspecified atom stereocenters. The van der Waals surface area contributed by atoms with Crippen molar-refractivity contribution in [3.05, 3.63) is 33.9 Å². The minimum Gasteiger partial charge on any atom is -0.336 e. The standard InChI is InChI=1S/C14H22N4O3/c1-9(2)8-17(10(3)4)14(19)11-5-6-13(18(20)21)12(7-11)16-15/h5-7,9-10,16H,8,15H2,1-4H3. The molecule has 0 heterocycles. The second-order valence-electron chi connectivity index (χ2n) is 5.58. The van der Waals surface area contributed by atoms with Crippen molar-refractivity contribution >= 4 is 17.3 Å². The van der Waals surface area contributed by atoms with Crippen molar-refractivity contribution in [1.29, 1.82) is 0 Å². The molecule has 0 aromatic heterocycles. The van der Waals surface area contributed by atoms with Gasteiger partial charge in [-0.05, 0) is 31.9 Å². The van der Waals surface area contributed by atoms with Crippen LogP contribution in [0, 0.1) is 16.0 Å². The third-order valence-corrected chi connectivity index (χ3v) is 3.04. The molecular formula is C14H22N4O3. The molecule has 0 aliphatic rings. The number of benzene rings is 1. The van der Waals surface area contributed by atoms with E-state index in [9.17, 15) is 14.9 Å². The zero-order valence-electron chi connectivity index (χ0n) is 12.8. The van der Waals surface area contributed by atoms with Crippen LogP contribution in [0.3, 0.4) is 0 Å². The van der Waals surface area contributed by atoms with Crippen LogP contribution in [0.15, 0.2) is 18.2 Å². The predicted octanol–water partition coefficient (Wildman–Crippen LogP) is 2.39. The van der Waals surface area contributed by atoms with Crippen LogP contribution in [0.4, 0.5) is 11.4 Å². The molecule has 1 aromatic rings. The van der Waals surface area contributed by atoms with Gasteiger partial charge in [-0.2, -0.15) is 0 Å². The van der Waals surface area contributed by atoms with Crippen LogP contribution in [-0.2, 0) is 0 Å². The summed E-state index contributed by atoms with van der Waals surface area (Å²) in [5, 5.41) is 10.9. The van der Waals surface area contributed by atoms with Crippen molar-refractivity contribution in [2.75, 3.05) is 12.0 Å². The Morgan fingerprint density at radius 2 is 2.00 bits per heavy atom. The molecule has 0 saturated carbocycles. The number of carbonyl (C=O) groups excluding carboxylic acids is 1. The number of hydrazine groups is 1. The van der Waals surface area contributed by atoms with E-state index in [-0.39, 0.29) is 23.3 Å². The van der Waals surface area contributed by atoms with Gasteiger partial charge in [0.05, 0.1) is 4.92 Å². The molecule has 0 fully saturated rings. The van der Waals surface area contributed by atoms with Crippen LogP contribution in [0.25, 0.3) is 0 Å². The van der Waals surface area contributed by atoms with Gasteiger partial charge in [-0.1, -0.05) is 13.8 Å². The largest absolute Gasteiger partial charge is 0.336 e. The summed E-state index contributed by atoms with van der Waals surface area (Å²) in [6.07, 6.45) is 0. The number of hydrogen-bond donors (Lipinski definition) is 2. The summed E-state index contributed by atoms with van der Waals surface area (Å²) >= 11 is 0. The lowest BCUT2D eigenvalue weighted by Crippen LogP contribution is -2.39. The molecule has 21 heavy (non-hydrogen) atoms. The van der Waals surface area contributed by atoms with Gasteiger partial charge in [0.2, 0.25) is 0 Å². The van der Waals surface area contributed by atoms with Gasteiger partial charge in [-0.3, -0.25) is 20.8 Å². The highest BCUT2D eigenvalue weighted by Crippen LogP contribution is 2.25. The Morgan fingerprint density at radius 1 is 1.38 bits per heavy atom. The second-order valence-corrected chi connectivity index (χ2v) is 5.58. The molecule has 0 saturated heterocycles. The number of nitro benzene ring substituents is 1. The van der Waals surface area contributed by atoms with E-state index >= 15 is 0 Å². The third-order valence-electron chi connectivity index (χ3n) is 3.04. The molecule has 0 bridgehead atoms. The number of nitrogens with one attached hydrogen (secondary N) is 1. The van der Waals surface area contributed by atoms with E-state index in [0.29, 0.717) is 18.0 Å². The molecule has 116 valence electrons. The van der Waals surface area contributed by atoms with Crippen molar-refractivity contribution in [2.24, 2.45) is 11.8 Å². The number of nitrogens with two attached hydrogens (primary N) is 1. The lowest BCUT2D eigenvalue weighted by molar-refractivity contribution is -0.384. The lowest BCUT2D eigenvalue weighted by Gasteiger charge is -2.28. The van der Waals surface area contributed by atoms with E-state index in [2.05, 4.69) is 5.43 Å². The molecule has 0 atom stereocenters. The van der Waals surface area contributed by atoms with Crippen molar-refractivity contribution in [3.63, 3.8) is 0 Å². The fourth-order valence-electron chi connectivity index (χ4n) is 2.03. The molecule has 0 aliphatic heterocycles. The normalized spacial score (nSPS) is 10.8. The third kappa shape index (κ3) is 4.16. The summed E-state index contributed by atoms with van der Waals surface area (Å²) in [5.41, 5.74) is 2.61. The van der Waals surface area contributed by atoms with Gasteiger partial charge in [-0.15, -0.1) is 0 Å². The molecule has 0 radical (unpaired) electrons. The van der Waals surface area contributed by atoms with Crippen LogP contribution in [-0.4, -0.2) is 28.3 Å². The maximum atomic E-state index is 12.6. The van der Waals surface area contributed by atoms with Gasteiger partial charge in [0.15, 0.2) is 0 Å². The lowest BCUT2D eigenvalue weighted by atomic mass is 10.1.